The van der Waals surface area contributed by atoms with Crippen molar-refractivity contribution in [3.05, 3.63) is 59.4 Å². The Morgan fingerprint density at radius 2 is 2.04 bits per heavy atom. The van der Waals surface area contributed by atoms with Crippen molar-refractivity contribution in [1.29, 1.82) is 0 Å². The Hall–Kier alpha value is -1.94. The molecule has 3 rings (SSSR count). The number of aryl methyl sites for hydroxylation is 1. The smallest absolute Gasteiger partial charge is 0.178 e. The van der Waals surface area contributed by atoms with Gasteiger partial charge in [0.15, 0.2) is 5.11 Å². The second kappa shape index (κ2) is 6.89. The van der Waals surface area contributed by atoms with Gasteiger partial charge in [-0.1, -0.05) is 26.0 Å². The van der Waals surface area contributed by atoms with E-state index in [2.05, 4.69) is 43.1 Å². The molecule has 2 nitrogen and oxygen atoms in total. The fraction of sp³-hybridized carbons (Fsp3) is 0.350. The summed E-state index contributed by atoms with van der Waals surface area (Å²) in [5.41, 5.74) is 4.30. The van der Waals surface area contributed by atoms with E-state index in [1.165, 1.54) is 11.6 Å². The highest BCUT2D eigenvalue weighted by Crippen LogP contribution is 2.32. The minimum Gasteiger partial charge on any atom is -0.332 e. The zero-order chi connectivity index (χ0) is 17.3. The molecule has 1 N–H and O–H groups in total. The third-order valence-electron chi connectivity index (χ3n) is 4.60. The van der Waals surface area contributed by atoms with E-state index in [-0.39, 0.29) is 11.9 Å². The van der Waals surface area contributed by atoms with Crippen LogP contribution in [0.4, 0.5) is 15.8 Å². The third-order valence-corrected chi connectivity index (χ3v) is 4.90. The minimum atomic E-state index is -0.188. The topological polar surface area (TPSA) is 15.3 Å². The highest BCUT2D eigenvalue weighted by atomic mass is 32.1. The fourth-order valence-electron chi connectivity index (χ4n) is 3.19. The molecule has 0 saturated carbocycles. The van der Waals surface area contributed by atoms with Gasteiger partial charge in [0.2, 0.25) is 0 Å². The summed E-state index contributed by atoms with van der Waals surface area (Å²) >= 11 is 5.67. The molecule has 126 valence electrons. The largest absolute Gasteiger partial charge is 0.332 e. The van der Waals surface area contributed by atoms with Crippen LogP contribution < -0.4 is 10.2 Å². The molecule has 0 unspecified atom stereocenters. The van der Waals surface area contributed by atoms with Crippen molar-refractivity contribution in [2.24, 2.45) is 0 Å². The second-order valence-electron chi connectivity index (χ2n) is 6.74. The summed E-state index contributed by atoms with van der Waals surface area (Å²) in [6.07, 6.45) is 1.85. The average Bonchev–Trinajstić information content (AvgIpc) is 2.55. The van der Waals surface area contributed by atoms with Gasteiger partial charge in [-0.2, -0.15) is 0 Å². The van der Waals surface area contributed by atoms with E-state index in [0.29, 0.717) is 11.0 Å². The number of halogens is 1. The van der Waals surface area contributed by atoms with Crippen molar-refractivity contribution in [2.75, 3.05) is 10.2 Å². The molecule has 0 bridgehead atoms. The normalized spacial score (nSPS) is 16.9. The predicted octanol–water partition coefficient (Wildman–Crippen LogP) is 5.49. The van der Waals surface area contributed by atoms with E-state index in [1.807, 2.05) is 18.2 Å². The lowest BCUT2D eigenvalue weighted by Gasteiger charge is -2.37. The number of hydrogen-bond donors (Lipinski definition) is 1. The van der Waals surface area contributed by atoms with E-state index < -0.39 is 0 Å². The first-order valence-corrected chi connectivity index (χ1v) is 8.85. The summed E-state index contributed by atoms with van der Waals surface area (Å²) in [7, 11) is 0. The van der Waals surface area contributed by atoms with E-state index in [9.17, 15) is 4.39 Å². The molecule has 24 heavy (non-hydrogen) atoms. The van der Waals surface area contributed by atoms with Crippen molar-refractivity contribution >= 4 is 28.7 Å². The Morgan fingerprint density at radius 1 is 1.25 bits per heavy atom. The molecule has 0 spiro atoms. The number of benzene rings is 2. The van der Waals surface area contributed by atoms with Crippen molar-refractivity contribution < 1.29 is 4.39 Å². The molecule has 1 heterocycles. The molecule has 1 aliphatic rings. The van der Waals surface area contributed by atoms with Crippen LogP contribution in [0.1, 0.15) is 44.2 Å². The van der Waals surface area contributed by atoms with Crippen LogP contribution in [0.25, 0.3) is 0 Å². The molecule has 4 heteroatoms. The molecule has 0 amide bonds. The minimum absolute atomic E-state index is 0.188. The van der Waals surface area contributed by atoms with Crippen LogP contribution in [0.3, 0.4) is 0 Å². The number of hydrogen-bond acceptors (Lipinski definition) is 1. The van der Waals surface area contributed by atoms with Gasteiger partial charge < -0.3 is 10.2 Å². The standard InChI is InChI=1S/C20H23FN2S/c1-13(2)15-5-4-6-18(12-15)22-20(24)23-14(3)7-8-16-11-17(21)9-10-19(16)23/h4-6,9-14H,7-8H2,1-3H3,(H,22,24)/t14-/m0/s1. The first-order valence-electron chi connectivity index (χ1n) is 8.44. The highest BCUT2D eigenvalue weighted by Gasteiger charge is 2.26. The Labute approximate surface area is 148 Å². The lowest BCUT2D eigenvalue weighted by Crippen LogP contribution is -2.44. The number of anilines is 2. The summed E-state index contributed by atoms with van der Waals surface area (Å²) in [4.78, 5) is 2.11. The predicted molar refractivity (Wildman–Crippen MR) is 103 cm³/mol. The SMILES string of the molecule is CC(C)c1cccc(NC(=S)N2c3ccc(F)cc3CC[C@@H]2C)c1. The van der Waals surface area contributed by atoms with Gasteiger partial charge in [-0.25, -0.2) is 4.39 Å². The van der Waals surface area contributed by atoms with E-state index in [4.69, 9.17) is 12.2 Å². The maximum Gasteiger partial charge on any atom is 0.178 e. The fourth-order valence-corrected chi connectivity index (χ4v) is 3.59. The van der Waals surface area contributed by atoms with Gasteiger partial charge in [-0.3, -0.25) is 0 Å². The van der Waals surface area contributed by atoms with Crippen LogP contribution in [-0.4, -0.2) is 11.2 Å². The summed E-state index contributed by atoms with van der Waals surface area (Å²) in [5, 5.41) is 4.02. The molecule has 2 aromatic carbocycles. The monoisotopic (exact) mass is 342 g/mol. The van der Waals surface area contributed by atoms with Gasteiger partial charge in [0, 0.05) is 17.4 Å². The van der Waals surface area contributed by atoms with Gasteiger partial charge >= 0.3 is 0 Å². The average molecular weight is 342 g/mol. The highest BCUT2D eigenvalue weighted by molar-refractivity contribution is 7.80. The Kier molecular flexibility index (Phi) is 4.86. The van der Waals surface area contributed by atoms with Gasteiger partial charge in [-0.15, -0.1) is 0 Å². The summed E-state index contributed by atoms with van der Waals surface area (Å²) in [6, 6.07) is 13.6. The van der Waals surface area contributed by atoms with Crippen LogP contribution in [0.15, 0.2) is 42.5 Å². The van der Waals surface area contributed by atoms with Crippen molar-refractivity contribution in [3.63, 3.8) is 0 Å². The molecular weight excluding hydrogens is 319 g/mol. The summed E-state index contributed by atoms with van der Waals surface area (Å²) < 4.78 is 13.5. The third kappa shape index (κ3) is 3.44. The van der Waals surface area contributed by atoms with Crippen LogP contribution >= 0.6 is 12.2 Å². The van der Waals surface area contributed by atoms with E-state index >= 15 is 0 Å². The summed E-state index contributed by atoms with van der Waals surface area (Å²) in [5.74, 6) is 0.282. The zero-order valence-corrected chi connectivity index (χ0v) is 15.2. The molecule has 0 fully saturated rings. The van der Waals surface area contributed by atoms with Gasteiger partial charge in [0.25, 0.3) is 0 Å². The molecule has 2 aromatic rings. The molecule has 1 aliphatic heterocycles. The molecule has 1 atom stereocenters. The lowest BCUT2D eigenvalue weighted by atomic mass is 9.97. The number of nitrogens with one attached hydrogen (secondary N) is 1. The number of thiocarbonyl (C=S) groups is 1. The Morgan fingerprint density at radius 3 is 2.79 bits per heavy atom. The molecule has 0 aliphatic carbocycles. The number of fused-ring (bicyclic) bond motifs is 1. The van der Waals surface area contributed by atoms with Crippen LogP contribution in [0.5, 0.6) is 0 Å². The number of nitrogens with zero attached hydrogens (tertiary/aromatic N) is 1. The van der Waals surface area contributed by atoms with Crippen LogP contribution in [0.2, 0.25) is 0 Å². The maximum atomic E-state index is 13.5. The van der Waals surface area contributed by atoms with Crippen molar-refractivity contribution in [3.8, 4) is 0 Å². The number of rotatable bonds is 2. The quantitative estimate of drug-likeness (QED) is 0.727. The molecule has 0 radical (unpaired) electrons. The van der Waals surface area contributed by atoms with Crippen molar-refractivity contribution in [2.45, 2.75) is 45.6 Å². The maximum absolute atomic E-state index is 13.5. The van der Waals surface area contributed by atoms with Crippen molar-refractivity contribution in [1.82, 2.24) is 0 Å². The van der Waals surface area contributed by atoms with Crippen LogP contribution in [0, 0.1) is 5.82 Å². The van der Waals surface area contributed by atoms with Gasteiger partial charge in [0.1, 0.15) is 5.82 Å². The zero-order valence-electron chi connectivity index (χ0n) is 14.3. The van der Waals surface area contributed by atoms with Crippen LogP contribution in [-0.2, 0) is 6.42 Å². The first kappa shape index (κ1) is 16.9. The molecule has 0 aromatic heterocycles. The lowest BCUT2D eigenvalue weighted by molar-refractivity contribution is 0.604. The van der Waals surface area contributed by atoms with E-state index in [0.717, 1.165) is 29.8 Å². The van der Waals surface area contributed by atoms with Gasteiger partial charge in [0.05, 0.1) is 0 Å². The van der Waals surface area contributed by atoms with Gasteiger partial charge in [-0.05, 0) is 79.4 Å². The molecular formula is C20H23FN2S. The Bertz CT molecular complexity index is 757. The first-order chi connectivity index (χ1) is 11.5. The van der Waals surface area contributed by atoms with E-state index in [1.54, 1.807) is 6.07 Å². The second-order valence-corrected chi connectivity index (χ2v) is 7.13. The Balaban J connectivity index is 1.86. The molecule has 0 saturated heterocycles. The summed E-state index contributed by atoms with van der Waals surface area (Å²) in [6.45, 7) is 6.51.